The molecule has 2 atom stereocenters. The molecule has 1 aliphatic carbocycles. The van der Waals surface area contributed by atoms with Gasteiger partial charge in [0.25, 0.3) is 0 Å². The van der Waals surface area contributed by atoms with Crippen LogP contribution in [0.5, 0.6) is 5.75 Å². The van der Waals surface area contributed by atoms with E-state index in [-0.39, 0.29) is 0 Å². The van der Waals surface area contributed by atoms with Crippen molar-refractivity contribution in [1.82, 2.24) is 0 Å². The van der Waals surface area contributed by atoms with Crippen LogP contribution in [0.4, 0.5) is 4.79 Å². The second kappa shape index (κ2) is 5.89. The van der Waals surface area contributed by atoms with Crippen LogP contribution in [0, 0.1) is 5.92 Å². The first-order valence-electron chi connectivity index (χ1n) is 6.72. The van der Waals surface area contributed by atoms with E-state index in [1.807, 2.05) is 18.2 Å². The van der Waals surface area contributed by atoms with Gasteiger partial charge < -0.3 is 9.84 Å². The fourth-order valence-corrected chi connectivity index (χ4v) is 3.08. The first-order valence-corrected chi connectivity index (χ1v) is 6.72. The number of ether oxygens (including phenoxy) is 1. The zero-order valence-corrected chi connectivity index (χ0v) is 10.8. The summed E-state index contributed by atoms with van der Waals surface area (Å²) in [6.45, 7) is 2.21. The molecule has 0 heterocycles. The molecule has 98 valence electrons. The van der Waals surface area contributed by atoms with Crippen LogP contribution >= 0.6 is 0 Å². The van der Waals surface area contributed by atoms with Gasteiger partial charge in [-0.2, -0.15) is 0 Å². The minimum Gasteiger partial charge on any atom is -0.449 e. The average molecular weight is 248 g/mol. The van der Waals surface area contributed by atoms with E-state index in [9.17, 15) is 4.79 Å². The Hall–Kier alpha value is -1.51. The Morgan fingerprint density at radius 3 is 2.78 bits per heavy atom. The third kappa shape index (κ3) is 2.84. The highest BCUT2D eigenvalue weighted by atomic mass is 16.7. The lowest BCUT2D eigenvalue weighted by Crippen LogP contribution is -2.18. The van der Waals surface area contributed by atoms with E-state index in [0.29, 0.717) is 17.6 Å². The quantitative estimate of drug-likeness (QED) is 0.636. The largest absolute Gasteiger partial charge is 0.511 e. The van der Waals surface area contributed by atoms with Crippen LogP contribution in [0.3, 0.4) is 0 Å². The zero-order chi connectivity index (χ0) is 13.0. The van der Waals surface area contributed by atoms with Crippen molar-refractivity contribution in [3.63, 3.8) is 0 Å². The number of hydrogen-bond donors (Lipinski definition) is 1. The number of hydrogen-bond acceptors (Lipinski definition) is 2. The van der Waals surface area contributed by atoms with Crippen molar-refractivity contribution in [2.75, 3.05) is 0 Å². The van der Waals surface area contributed by atoms with Crippen molar-refractivity contribution in [2.24, 2.45) is 5.92 Å². The highest BCUT2D eigenvalue weighted by Crippen LogP contribution is 2.42. The minimum absolute atomic E-state index is 0.444. The predicted molar refractivity (Wildman–Crippen MR) is 70.1 cm³/mol. The maximum Gasteiger partial charge on any atom is 0.511 e. The number of benzene rings is 1. The van der Waals surface area contributed by atoms with Crippen molar-refractivity contribution in [3.05, 3.63) is 29.8 Å². The second-order valence-corrected chi connectivity index (χ2v) is 4.97. The molecule has 0 saturated heterocycles. The molecule has 1 aromatic carbocycles. The maximum atomic E-state index is 10.7. The van der Waals surface area contributed by atoms with E-state index in [4.69, 9.17) is 9.84 Å². The molecular weight excluding hydrogens is 228 g/mol. The van der Waals surface area contributed by atoms with Gasteiger partial charge in [-0.15, -0.1) is 0 Å². The van der Waals surface area contributed by atoms with E-state index in [1.54, 1.807) is 6.07 Å². The van der Waals surface area contributed by atoms with Crippen molar-refractivity contribution >= 4 is 6.16 Å². The molecule has 0 aromatic heterocycles. The highest BCUT2D eigenvalue weighted by Gasteiger charge is 2.27. The average Bonchev–Trinajstić information content (AvgIpc) is 2.39. The lowest BCUT2D eigenvalue weighted by molar-refractivity contribution is 0.143. The minimum atomic E-state index is -1.23. The molecule has 0 aliphatic heterocycles. The normalized spacial score (nSPS) is 23.6. The lowest BCUT2D eigenvalue weighted by Gasteiger charge is -2.31. The molecule has 2 rings (SSSR count). The van der Waals surface area contributed by atoms with Crippen LogP contribution < -0.4 is 4.74 Å². The van der Waals surface area contributed by atoms with Gasteiger partial charge >= 0.3 is 6.16 Å². The third-order valence-electron chi connectivity index (χ3n) is 3.95. The molecule has 1 aliphatic rings. The molecule has 1 fully saturated rings. The summed E-state index contributed by atoms with van der Waals surface area (Å²) in [5.74, 6) is 1.60. The molecule has 0 spiro atoms. The monoisotopic (exact) mass is 248 g/mol. The van der Waals surface area contributed by atoms with Crippen molar-refractivity contribution in [3.8, 4) is 5.75 Å². The highest BCUT2D eigenvalue weighted by molar-refractivity contribution is 5.62. The predicted octanol–water partition coefficient (Wildman–Crippen LogP) is 4.43. The Morgan fingerprint density at radius 1 is 1.33 bits per heavy atom. The second-order valence-electron chi connectivity index (χ2n) is 4.97. The van der Waals surface area contributed by atoms with Crippen LogP contribution in [0.15, 0.2) is 24.3 Å². The maximum absolute atomic E-state index is 10.7. The van der Waals surface area contributed by atoms with Gasteiger partial charge in [-0.25, -0.2) is 4.79 Å². The van der Waals surface area contributed by atoms with E-state index >= 15 is 0 Å². The Balaban J connectivity index is 2.27. The van der Waals surface area contributed by atoms with E-state index in [2.05, 4.69) is 6.92 Å². The smallest absolute Gasteiger partial charge is 0.449 e. The standard InChI is InChI=1S/C15H20O3/c1-2-11-7-3-4-8-12(11)13-9-5-6-10-14(13)18-15(16)17/h5-6,9-12H,2-4,7-8H2,1H3,(H,16,17). The number of para-hydroxylation sites is 1. The molecule has 2 unspecified atom stereocenters. The molecule has 0 bridgehead atoms. The van der Waals surface area contributed by atoms with E-state index in [1.165, 1.54) is 19.3 Å². The molecular formula is C15H20O3. The molecule has 0 radical (unpaired) electrons. The summed E-state index contributed by atoms with van der Waals surface area (Å²) < 4.78 is 4.91. The summed E-state index contributed by atoms with van der Waals surface area (Å²) in [6.07, 6.45) is 4.80. The number of carboxylic acid groups (broad SMARTS) is 1. The molecule has 3 nitrogen and oxygen atoms in total. The Morgan fingerprint density at radius 2 is 2.06 bits per heavy atom. The van der Waals surface area contributed by atoms with Crippen LogP contribution in [-0.2, 0) is 0 Å². The summed E-state index contributed by atoms with van der Waals surface area (Å²) in [7, 11) is 0. The van der Waals surface area contributed by atoms with Crippen LogP contribution in [0.2, 0.25) is 0 Å². The first kappa shape index (κ1) is 12.9. The van der Waals surface area contributed by atoms with Gasteiger partial charge in [-0.3, -0.25) is 0 Å². The van der Waals surface area contributed by atoms with Gasteiger partial charge in [0.05, 0.1) is 0 Å². The van der Waals surface area contributed by atoms with E-state index < -0.39 is 6.16 Å². The summed E-state index contributed by atoms with van der Waals surface area (Å²) in [4.78, 5) is 10.7. The fourth-order valence-electron chi connectivity index (χ4n) is 3.08. The summed E-state index contributed by atoms with van der Waals surface area (Å²) in [5.41, 5.74) is 1.06. The summed E-state index contributed by atoms with van der Waals surface area (Å²) in [6, 6.07) is 7.55. The third-order valence-corrected chi connectivity index (χ3v) is 3.95. The van der Waals surface area contributed by atoms with Gasteiger partial charge in [0.2, 0.25) is 0 Å². The van der Waals surface area contributed by atoms with Crippen molar-refractivity contribution in [1.29, 1.82) is 0 Å². The van der Waals surface area contributed by atoms with Gasteiger partial charge in [0, 0.05) is 0 Å². The van der Waals surface area contributed by atoms with Crippen LogP contribution in [0.25, 0.3) is 0 Å². The Kier molecular flexibility index (Phi) is 4.24. The van der Waals surface area contributed by atoms with Gasteiger partial charge in [0.1, 0.15) is 5.75 Å². The van der Waals surface area contributed by atoms with Gasteiger partial charge in [-0.05, 0) is 36.3 Å². The van der Waals surface area contributed by atoms with Gasteiger partial charge in [0.15, 0.2) is 0 Å². The molecule has 1 saturated carbocycles. The van der Waals surface area contributed by atoms with Crippen LogP contribution in [-0.4, -0.2) is 11.3 Å². The van der Waals surface area contributed by atoms with Crippen LogP contribution in [0.1, 0.15) is 50.5 Å². The Bertz CT molecular complexity index is 414. The molecule has 1 aromatic rings. The summed E-state index contributed by atoms with van der Waals surface area (Å²) in [5, 5.41) is 8.79. The fraction of sp³-hybridized carbons (Fsp3) is 0.533. The summed E-state index contributed by atoms with van der Waals surface area (Å²) >= 11 is 0. The number of carbonyl (C=O) groups is 1. The van der Waals surface area contributed by atoms with Crippen molar-refractivity contribution < 1.29 is 14.6 Å². The zero-order valence-electron chi connectivity index (χ0n) is 10.8. The topological polar surface area (TPSA) is 46.5 Å². The molecule has 0 amide bonds. The Labute approximate surface area is 108 Å². The number of rotatable bonds is 3. The molecule has 1 N–H and O–H groups in total. The SMILES string of the molecule is CCC1CCCCC1c1ccccc1OC(=O)O. The molecule has 18 heavy (non-hydrogen) atoms. The molecule has 3 heteroatoms. The first-order chi connectivity index (χ1) is 8.72. The lowest BCUT2D eigenvalue weighted by atomic mass is 9.74. The van der Waals surface area contributed by atoms with Crippen molar-refractivity contribution in [2.45, 2.75) is 44.9 Å². The van der Waals surface area contributed by atoms with Gasteiger partial charge in [-0.1, -0.05) is 44.4 Å². The van der Waals surface area contributed by atoms with E-state index in [0.717, 1.165) is 18.4 Å².